The van der Waals surface area contributed by atoms with E-state index < -0.39 is 11.7 Å². The summed E-state index contributed by atoms with van der Waals surface area (Å²) in [6, 6.07) is -0.228. The lowest BCUT2D eigenvalue weighted by atomic mass is 10.0. The fraction of sp³-hybridized carbons (Fsp3) is 0.846. The zero-order valence-electron chi connectivity index (χ0n) is 12.4. The first-order valence-electron chi connectivity index (χ1n) is 6.59. The van der Waals surface area contributed by atoms with Crippen molar-refractivity contribution in [2.24, 2.45) is 5.92 Å². The fourth-order valence-electron chi connectivity index (χ4n) is 2.03. The van der Waals surface area contributed by atoms with Crippen molar-refractivity contribution in [3.8, 4) is 0 Å². The molecule has 2 atom stereocenters. The highest BCUT2D eigenvalue weighted by molar-refractivity contribution is 5.76. The van der Waals surface area contributed by atoms with E-state index in [0.29, 0.717) is 19.7 Å². The third-order valence-corrected chi connectivity index (χ3v) is 2.95. The normalized spacial score (nSPS) is 23.0. The summed E-state index contributed by atoms with van der Waals surface area (Å²) in [6.45, 7) is 8.65. The molecule has 0 unspecified atom stereocenters. The summed E-state index contributed by atoms with van der Waals surface area (Å²) in [7, 11) is 1.65. The second-order valence-electron chi connectivity index (χ2n) is 5.68. The van der Waals surface area contributed by atoms with E-state index in [9.17, 15) is 9.59 Å². The average Bonchev–Trinajstić information content (AvgIpc) is 2.74. The van der Waals surface area contributed by atoms with Crippen LogP contribution in [0.15, 0.2) is 0 Å². The van der Waals surface area contributed by atoms with Crippen LogP contribution in [0, 0.1) is 5.92 Å². The molecule has 1 rings (SSSR count). The summed E-state index contributed by atoms with van der Waals surface area (Å²) in [4.78, 5) is 25.3. The predicted octanol–water partition coefficient (Wildman–Crippen LogP) is 1.00. The van der Waals surface area contributed by atoms with Gasteiger partial charge in [0.1, 0.15) is 5.60 Å². The topological polar surface area (TPSA) is 67.9 Å². The summed E-state index contributed by atoms with van der Waals surface area (Å²) >= 11 is 0. The van der Waals surface area contributed by atoms with Gasteiger partial charge in [0.2, 0.25) is 0 Å². The number of nitrogens with one attached hydrogen (secondary N) is 1. The molecule has 1 fully saturated rings. The van der Waals surface area contributed by atoms with Crippen LogP contribution >= 0.6 is 0 Å². The molecule has 0 spiro atoms. The van der Waals surface area contributed by atoms with Gasteiger partial charge in [-0.2, -0.15) is 0 Å². The molecule has 0 aromatic rings. The molecule has 1 N–H and O–H groups in total. The van der Waals surface area contributed by atoms with E-state index >= 15 is 0 Å². The molecule has 6 heteroatoms. The maximum atomic E-state index is 12.0. The van der Waals surface area contributed by atoms with Crippen LogP contribution < -0.4 is 5.32 Å². The highest BCUT2D eigenvalue weighted by Gasteiger charge is 2.39. The predicted molar refractivity (Wildman–Crippen MR) is 70.8 cm³/mol. The summed E-state index contributed by atoms with van der Waals surface area (Å²) in [5, 5.41) is 3.11. The van der Waals surface area contributed by atoms with Gasteiger partial charge in [0.15, 0.2) is 0 Å². The molecule has 1 aliphatic heterocycles. The van der Waals surface area contributed by atoms with Crippen LogP contribution in [0.4, 0.5) is 4.79 Å². The van der Waals surface area contributed by atoms with E-state index in [1.54, 1.807) is 14.0 Å². The lowest BCUT2D eigenvalue weighted by molar-refractivity contribution is -0.148. The number of likely N-dealkylation sites (N-methyl/N-ethyl adjacent to an activating group) is 1. The Kier molecular flexibility index (Phi) is 5.17. The zero-order valence-corrected chi connectivity index (χ0v) is 12.4. The Balaban J connectivity index is 2.67. The number of hydrogen-bond donors (Lipinski definition) is 1. The van der Waals surface area contributed by atoms with Gasteiger partial charge in [-0.3, -0.25) is 4.79 Å². The second kappa shape index (κ2) is 6.23. The first-order chi connectivity index (χ1) is 8.76. The number of esters is 1. The third kappa shape index (κ3) is 4.38. The number of carbonyl (C=O) groups excluding carboxylic acids is 2. The molecule has 110 valence electrons. The second-order valence-corrected chi connectivity index (χ2v) is 5.68. The number of ether oxygens (including phenoxy) is 2. The summed E-state index contributed by atoms with van der Waals surface area (Å²) < 4.78 is 10.3. The first kappa shape index (κ1) is 15.8. The van der Waals surface area contributed by atoms with Crippen molar-refractivity contribution in [1.82, 2.24) is 10.2 Å². The molecule has 1 heterocycles. The van der Waals surface area contributed by atoms with E-state index in [2.05, 4.69) is 5.32 Å². The van der Waals surface area contributed by atoms with E-state index in [1.165, 1.54) is 4.90 Å². The van der Waals surface area contributed by atoms with Crippen LogP contribution in [0.5, 0.6) is 0 Å². The van der Waals surface area contributed by atoms with Gasteiger partial charge in [-0.25, -0.2) is 4.79 Å². The molecule has 0 saturated carbocycles. The standard InChI is InChI=1S/C13H24N2O4/c1-6-18-11(16)9-7-14-8-10(9)15(5)12(17)19-13(2,3)4/h9-10,14H,6-8H2,1-5H3/t9-,10-/m0/s1. The van der Waals surface area contributed by atoms with Crippen molar-refractivity contribution in [3.63, 3.8) is 0 Å². The fourth-order valence-corrected chi connectivity index (χ4v) is 2.03. The molecule has 1 aliphatic rings. The first-order valence-corrected chi connectivity index (χ1v) is 6.59. The van der Waals surface area contributed by atoms with Crippen LogP contribution in [0.3, 0.4) is 0 Å². The average molecular weight is 272 g/mol. The minimum atomic E-state index is -0.545. The van der Waals surface area contributed by atoms with E-state index in [0.717, 1.165) is 0 Å². The van der Waals surface area contributed by atoms with Gasteiger partial charge >= 0.3 is 12.1 Å². The molecule has 1 amide bonds. The van der Waals surface area contributed by atoms with Gasteiger partial charge in [-0.1, -0.05) is 0 Å². The summed E-state index contributed by atoms with van der Waals surface area (Å²) in [5.74, 6) is -0.606. The molecular formula is C13H24N2O4. The maximum absolute atomic E-state index is 12.0. The molecule has 19 heavy (non-hydrogen) atoms. The van der Waals surface area contributed by atoms with Crippen molar-refractivity contribution in [1.29, 1.82) is 0 Å². The molecule has 1 saturated heterocycles. The van der Waals surface area contributed by atoms with Gasteiger partial charge < -0.3 is 19.7 Å². The number of carbonyl (C=O) groups is 2. The SMILES string of the molecule is CCOC(=O)[C@H]1CNC[C@@H]1N(C)C(=O)OC(C)(C)C. The van der Waals surface area contributed by atoms with Crippen molar-refractivity contribution < 1.29 is 19.1 Å². The Morgan fingerprint density at radius 2 is 1.95 bits per heavy atom. The number of amides is 1. The Bertz CT molecular complexity index is 338. The van der Waals surface area contributed by atoms with Crippen LogP contribution in [0.2, 0.25) is 0 Å². The monoisotopic (exact) mass is 272 g/mol. The highest BCUT2D eigenvalue weighted by atomic mass is 16.6. The summed E-state index contributed by atoms with van der Waals surface area (Å²) in [6.07, 6.45) is -0.421. The van der Waals surface area contributed by atoms with Crippen LogP contribution in [-0.4, -0.2) is 55.3 Å². The molecule has 0 bridgehead atoms. The maximum Gasteiger partial charge on any atom is 0.410 e. The zero-order chi connectivity index (χ0) is 14.6. The molecule has 6 nitrogen and oxygen atoms in total. The van der Waals surface area contributed by atoms with Crippen molar-refractivity contribution in [3.05, 3.63) is 0 Å². The lowest BCUT2D eigenvalue weighted by Crippen LogP contribution is -2.46. The molecule has 0 radical (unpaired) electrons. The Labute approximate surface area is 114 Å². The smallest absolute Gasteiger partial charge is 0.410 e. The van der Waals surface area contributed by atoms with Gasteiger partial charge in [0, 0.05) is 20.1 Å². The van der Waals surface area contributed by atoms with Crippen LogP contribution in [0.1, 0.15) is 27.7 Å². The van der Waals surface area contributed by atoms with Gasteiger partial charge in [0.25, 0.3) is 0 Å². The van der Waals surface area contributed by atoms with Crippen LogP contribution in [-0.2, 0) is 14.3 Å². The molecule has 0 aromatic carbocycles. The number of hydrogen-bond acceptors (Lipinski definition) is 5. The Morgan fingerprint density at radius 1 is 1.32 bits per heavy atom. The minimum absolute atomic E-state index is 0.228. The Hall–Kier alpha value is -1.30. The van der Waals surface area contributed by atoms with E-state index in [-0.39, 0.29) is 17.9 Å². The largest absolute Gasteiger partial charge is 0.466 e. The van der Waals surface area contributed by atoms with E-state index in [1.807, 2.05) is 20.8 Å². The van der Waals surface area contributed by atoms with Crippen molar-refractivity contribution in [2.45, 2.75) is 39.3 Å². The number of rotatable bonds is 3. The minimum Gasteiger partial charge on any atom is -0.466 e. The quantitative estimate of drug-likeness (QED) is 0.776. The Morgan fingerprint density at radius 3 is 2.47 bits per heavy atom. The summed E-state index contributed by atoms with van der Waals surface area (Å²) in [5.41, 5.74) is -0.545. The van der Waals surface area contributed by atoms with Gasteiger partial charge in [0.05, 0.1) is 18.6 Å². The molecule has 0 aliphatic carbocycles. The van der Waals surface area contributed by atoms with Crippen LogP contribution in [0.25, 0.3) is 0 Å². The molecule has 0 aromatic heterocycles. The number of nitrogens with zero attached hydrogens (tertiary/aromatic N) is 1. The molecular weight excluding hydrogens is 248 g/mol. The van der Waals surface area contributed by atoms with Crippen molar-refractivity contribution >= 4 is 12.1 Å². The van der Waals surface area contributed by atoms with Crippen molar-refractivity contribution in [2.75, 3.05) is 26.7 Å². The lowest BCUT2D eigenvalue weighted by Gasteiger charge is -2.30. The van der Waals surface area contributed by atoms with E-state index in [4.69, 9.17) is 9.47 Å². The van der Waals surface area contributed by atoms with Gasteiger partial charge in [-0.15, -0.1) is 0 Å². The third-order valence-electron chi connectivity index (χ3n) is 2.95. The highest BCUT2D eigenvalue weighted by Crippen LogP contribution is 2.19. The van der Waals surface area contributed by atoms with Gasteiger partial charge in [-0.05, 0) is 27.7 Å².